The number of phenolic OH excluding ortho intramolecular Hbond substituents is 1. The first-order chi connectivity index (χ1) is 8.58. The van der Waals surface area contributed by atoms with Crippen LogP contribution in [-0.2, 0) is 6.54 Å². The fourth-order valence-electron chi connectivity index (χ4n) is 1.50. The van der Waals surface area contributed by atoms with Gasteiger partial charge in [-0.05, 0) is 45.8 Å². The lowest BCUT2D eigenvalue weighted by Gasteiger charge is -2.10. The van der Waals surface area contributed by atoms with Gasteiger partial charge in [-0.2, -0.15) is 0 Å². The van der Waals surface area contributed by atoms with Gasteiger partial charge in [-0.3, -0.25) is 0 Å². The summed E-state index contributed by atoms with van der Waals surface area (Å²) >= 11 is 15.3. The van der Waals surface area contributed by atoms with E-state index in [1.54, 1.807) is 12.1 Å². The van der Waals surface area contributed by atoms with Crippen LogP contribution in [0.25, 0.3) is 0 Å². The van der Waals surface area contributed by atoms with Crippen molar-refractivity contribution >= 4 is 44.8 Å². The summed E-state index contributed by atoms with van der Waals surface area (Å²) in [6.07, 6.45) is 0. The molecule has 94 valence electrons. The number of nitrogens with one attached hydrogen (secondary N) is 1. The summed E-state index contributed by atoms with van der Waals surface area (Å²) in [4.78, 5) is 0. The van der Waals surface area contributed by atoms with E-state index in [1.165, 1.54) is 0 Å². The molecule has 0 aliphatic heterocycles. The quantitative estimate of drug-likeness (QED) is 0.812. The Kier molecular flexibility index (Phi) is 4.38. The molecule has 0 aliphatic rings. The number of phenols is 1. The van der Waals surface area contributed by atoms with E-state index >= 15 is 0 Å². The number of rotatable bonds is 3. The maximum Gasteiger partial charge on any atom is 0.134 e. The molecular weight excluding hydrogens is 337 g/mol. The average Bonchev–Trinajstić information content (AvgIpc) is 2.35. The molecule has 0 radical (unpaired) electrons. The van der Waals surface area contributed by atoms with Crippen molar-refractivity contribution in [2.45, 2.75) is 6.54 Å². The molecule has 0 spiro atoms. The SMILES string of the molecule is Oc1ccc(CNc2cccc(Cl)c2Br)cc1Cl. The highest BCUT2D eigenvalue weighted by atomic mass is 79.9. The van der Waals surface area contributed by atoms with Crippen LogP contribution in [0.4, 0.5) is 5.69 Å². The first-order valence-corrected chi connectivity index (χ1v) is 6.78. The van der Waals surface area contributed by atoms with Crippen molar-refractivity contribution in [3.63, 3.8) is 0 Å². The van der Waals surface area contributed by atoms with Crippen LogP contribution in [0.5, 0.6) is 5.75 Å². The predicted octanol–water partition coefficient (Wildman–Crippen LogP) is 5.07. The van der Waals surface area contributed by atoms with Gasteiger partial charge in [-0.15, -0.1) is 0 Å². The number of hydrogen-bond acceptors (Lipinski definition) is 2. The van der Waals surface area contributed by atoms with Crippen molar-refractivity contribution in [2.24, 2.45) is 0 Å². The Balaban J connectivity index is 2.11. The lowest BCUT2D eigenvalue weighted by Crippen LogP contribution is -2.00. The number of halogens is 3. The first-order valence-electron chi connectivity index (χ1n) is 5.23. The van der Waals surface area contributed by atoms with E-state index in [9.17, 15) is 5.11 Å². The fourth-order valence-corrected chi connectivity index (χ4v) is 2.28. The monoisotopic (exact) mass is 345 g/mol. The summed E-state index contributed by atoms with van der Waals surface area (Å²) in [6, 6.07) is 10.7. The van der Waals surface area contributed by atoms with E-state index < -0.39 is 0 Å². The van der Waals surface area contributed by atoms with E-state index in [-0.39, 0.29) is 5.75 Å². The third-order valence-corrected chi connectivity index (χ3v) is 4.15. The topological polar surface area (TPSA) is 32.3 Å². The molecule has 2 aromatic rings. The van der Waals surface area contributed by atoms with E-state index in [2.05, 4.69) is 21.2 Å². The Morgan fingerprint density at radius 2 is 1.89 bits per heavy atom. The Bertz CT molecular complexity index is 575. The molecule has 18 heavy (non-hydrogen) atoms. The zero-order valence-electron chi connectivity index (χ0n) is 9.25. The minimum Gasteiger partial charge on any atom is -0.506 e. The molecule has 0 aliphatic carbocycles. The normalized spacial score (nSPS) is 10.4. The summed E-state index contributed by atoms with van der Waals surface area (Å²) in [5.74, 6) is 0.0874. The second-order valence-corrected chi connectivity index (χ2v) is 5.35. The highest BCUT2D eigenvalue weighted by Crippen LogP contribution is 2.30. The molecule has 2 aromatic carbocycles. The molecule has 0 aromatic heterocycles. The number of hydrogen-bond donors (Lipinski definition) is 2. The lowest BCUT2D eigenvalue weighted by molar-refractivity contribution is 0.475. The molecule has 5 heteroatoms. The van der Waals surface area contributed by atoms with Crippen LogP contribution >= 0.6 is 39.1 Å². The van der Waals surface area contributed by atoms with Gasteiger partial charge >= 0.3 is 0 Å². The van der Waals surface area contributed by atoms with Crippen LogP contribution in [0.3, 0.4) is 0 Å². The van der Waals surface area contributed by atoms with Gasteiger partial charge in [-0.25, -0.2) is 0 Å². The summed E-state index contributed by atoms with van der Waals surface area (Å²) in [7, 11) is 0. The average molecular weight is 347 g/mol. The minimum atomic E-state index is 0.0874. The lowest BCUT2D eigenvalue weighted by atomic mass is 10.2. The van der Waals surface area contributed by atoms with E-state index in [0.29, 0.717) is 16.6 Å². The van der Waals surface area contributed by atoms with E-state index in [0.717, 1.165) is 15.7 Å². The molecule has 0 heterocycles. The first kappa shape index (κ1) is 13.5. The van der Waals surface area contributed by atoms with Gasteiger partial charge in [0.1, 0.15) is 5.75 Å². The van der Waals surface area contributed by atoms with Gasteiger partial charge in [0.05, 0.1) is 20.2 Å². The Hall–Kier alpha value is -0.900. The number of benzene rings is 2. The van der Waals surface area contributed by atoms with Crippen LogP contribution in [0.2, 0.25) is 10.0 Å². The van der Waals surface area contributed by atoms with Gasteiger partial charge in [0, 0.05) is 6.54 Å². The van der Waals surface area contributed by atoms with E-state index in [4.69, 9.17) is 23.2 Å². The Labute approximate surface area is 124 Å². The zero-order valence-corrected chi connectivity index (χ0v) is 12.4. The minimum absolute atomic E-state index is 0.0874. The largest absolute Gasteiger partial charge is 0.506 e. The summed E-state index contributed by atoms with van der Waals surface area (Å²) in [5, 5.41) is 13.6. The molecule has 0 bridgehead atoms. The highest BCUT2D eigenvalue weighted by Gasteiger charge is 2.04. The van der Waals surface area contributed by atoms with Crippen molar-refractivity contribution in [3.8, 4) is 5.75 Å². The van der Waals surface area contributed by atoms with Gasteiger partial charge < -0.3 is 10.4 Å². The number of anilines is 1. The Morgan fingerprint density at radius 3 is 2.61 bits per heavy atom. The van der Waals surface area contributed by atoms with Crippen LogP contribution in [0.15, 0.2) is 40.9 Å². The maximum atomic E-state index is 9.33. The molecule has 0 atom stereocenters. The van der Waals surface area contributed by atoms with Crippen molar-refractivity contribution in [3.05, 3.63) is 56.5 Å². The van der Waals surface area contributed by atoms with Gasteiger partial charge in [0.2, 0.25) is 0 Å². The smallest absolute Gasteiger partial charge is 0.134 e. The second kappa shape index (κ2) is 5.83. The van der Waals surface area contributed by atoms with Gasteiger partial charge in [0.25, 0.3) is 0 Å². The van der Waals surface area contributed by atoms with Gasteiger partial charge in [-0.1, -0.05) is 35.3 Å². The molecule has 0 saturated carbocycles. The zero-order chi connectivity index (χ0) is 13.1. The van der Waals surface area contributed by atoms with Crippen molar-refractivity contribution < 1.29 is 5.11 Å². The van der Waals surface area contributed by atoms with Crippen LogP contribution in [0.1, 0.15) is 5.56 Å². The Morgan fingerprint density at radius 1 is 1.11 bits per heavy atom. The molecule has 2 rings (SSSR count). The predicted molar refractivity (Wildman–Crippen MR) is 79.6 cm³/mol. The molecule has 0 amide bonds. The molecule has 0 fully saturated rings. The highest BCUT2D eigenvalue weighted by molar-refractivity contribution is 9.10. The third-order valence-electron chi connectivity index (χ3n) is 2.45. The molecule has 0 unspecified atom stereocenters. The third kappa shape index (κ3) is 3.10. The van der Waals surface area contributed by atoms with E-state index in [1.807, 2.05) is 24.3 Å². The summed E-state index contributed by atoms with van der Waals surface area (Å²) in [6.45, 7) is 0.596. The molecule has 2 N–H and O–H groups in total. The van der Waals surface area contributed by atoms with Crippen LogP contribution in [0, 0.1) is 0 Å². The van der Waals surface area contributed by atoms with Crippen LogP contribution in [-0.4, -0.2) is 5.11 Å². The second-order valence-electron chi connectivity index (χ2n) is 3.74. The number of aromatic hydroxyl groups is 1. The van der Waals surface area contributed by atoms with Gasteiger partial charge in [0.15, 0.2) is 0 Å². The molecular formula is C13H10BrCl2NO. The molecule has 0 saturated heterocycles. The maximum absolute atomic E-state index is 9.33. The standard InChI is InChI=1S/C13H10BrCl2NO/c14-13-9(15)2-1-3-11(13)17-7-8-4-5-12(18)10(16)6-8/h1-6,17-18H,7H2. The van der Waals surface area contributed by atoms with Crippen molar-refractivity contribution in [1.82, 2.24) is 0 Å². The fraction of sp³-hybridized carbons (Fsp3) is 0.0769. The van der Waals surface area contributed by atoms with Crippen LogP contribution < -0.4 is 5.32 Å². The summed E-state index contributed by atoms with van der Waals surface area (Å²) < 4.78 is 0.830. The molecule has 2 nitrogen and oxygen atoms in total. The summed E-state index contributed by atoms with van der Waals surface area (Å²) in [5.41, 5.74) is 1.89. The van der Waals surface area contributed by atoms with Crippen molar-refractivity contribution in [1.29, 1.82) is 0 Å². The van der Waals surface area contributed by atoms with Crippen molar-refractivity contribution in [2.75, 3.05) is 5.32 Å².